The average Bonchev–Trinajstić information content (AvgIpc) is 3.43. The second-order valence-corrected chi connectivity index (χ2v) is 6.38. The van der Waals surface area contributed by atoms with Gasteiger partial charge in [-0.1, -0.05) is 23.7 Å². The van der Waals surface area contributed by atoms with Gasteiger partial charge < -0.3 is 20.1 Å². The van der Waals surface area contributed by atoms with Gasteiger partial charge >= 0.3 is 0 Å². The predicted molar refractivity (Wildman–Crippen MR) is 99.9 cm³/mol. The molecule has 0 aromatic heterocycles. The number of para-hydroxylation sites is 2. The molecule has 26 heavy (non-hydrogen) atoms. The smallest absolute Gasteiger partial charge is 0.228 e. The summed E-state index contributed by atoms with van der Waals surface area (Å²) in [5, 5.41) is 6.01. The first kappa shape index (κ1) is 18.1. The Morgan fingerprint density at radius 2 is 1.62 bits per heavy atom. The van der Waals surface area contributed by atoms with E-state index >= 15 is 0 Å². The number of rotatable bonds is 6. The summed E-state index contributed by atoms with van der Waals surface area (Å²) in [4.78, 5) is 24.7. The SMILES string of the molecule is COc1ccc(NC(=O)C2CC2C(=O)Nc2ccccc2OC)cc1Cl. The second kappa shape index (κ2) is 7.66. The normalized spacial score (nSPS) is 18.0. The number of methoxy groups -OCH3 is 2. The zero-order valence-electron chi connectivity index (χ0n) is 14.4. The summed E-state index contributed by atoms with van der Waals surface area (Å²) < 4.78 is 10.3. The lowest BCUT2D eigenvalue weighted by atomic mass is 10.2. The topological polar surface area (TPSA) is 76.7 Å². The Kier molecular flexibility index (Phi) is 5.32. The van der Waals surface area contributed by atoms with E-state index in [2.05, 4.69) is 10.6 Å². The largest absolute Gasteiger partial charge is 0.495 e. The Morgan fingerprint density at radius 3 is 2.27 bits per heavy atom. The highest BCUT2D eigenvalue weighted by atomic mass is 35.5. The van der Waals surface area contributed by atoms with Gasteiger partial charge in [0.15, 0.2) is 0 Å². The van der Waals surface area contributed by atoms with Crippen molar-refractivity contribution >= 4 is 34.8 Å². The van der Waals surface area contributed by atoms with Crippen molar-refractivity contribution < 1.29 is 19.1 Å². The number of carbonyl (C=O) groups is 2. The number of ether oxygens (including phenoxy) is 2. The molecule has 2 aromatic carbocycles. The fourth-order valence-corrected chi connectivity index (χ4v) is 2.98. The minimum absolute atomic E-state index is 0.192. The van der Waals surface area contributed by atoms with Crippen molar-refractivity contribution in [2.24, 2.45) is 11.8 Å². The van der Waals surface area contributed by atoms with E-state index < -0.39 is 0 Å². The molecule has 2 aromatic rings. The molecule has 7 heteroatoms. The molecule has 0 saturated heterocycles. The summed E-state index contributed by atoms with van der Waals surface area (Å²) in [6, 6.07) is 12.1. The minimum Gasteiger partial charge on any atom is -0.495 e. The monoisotopic (exact) mass is 374 g/mol. The Labute approximate surface area is 156 Å². The van der Waals surface area contributed by atoms with Gasteiger partial charge in [0.1, 0.15) is 11.5 Å². The summed E-state index contributed by atoms with van der Waals surface area (Å²) in [5.74, 6) is 0.00793. The lowest BCUT2D eigenvalue weighted by Crippen LogP contribution is -2.20. The maximum atomic E-state index is 12.4. The third-order valence-electron chi connectivity index (χ3n) is 4.25. The van der Waals surface area contributed by atoms with Gasteiger partial charge in [-0.2, -0.15) is 0 Å². The van der Waals surface area contributed by atoms with Crippen molar-refractivity contribution in [2.45, 2.75) is 6.42 Å². The van der Waals surface area contributed by atoms with E-state index in [0.29, 0.717) is 34.3 Å². The van der Waals surface area contributed by atoms with Crippen molar-refractivity contribution in [2.75, 3.05) is 24.9 Å². The number of hydrogen-bond acceptors (Lipinski definition) is 4. The van der Waals surface area contributed by atoms with Crippen LogP contribution in [0.25, 0.3) is 0 Å². The fraction of sp³-hybridized carbons (Fsp3) is 0.263. The summed E-state index contributed by atoms with van der Waals surface area (Å²) in [5.41, 5.74) is 1.16. The van der Waals surface area contributed by atoms with Crippen molar-refractivity contribution in [1.29, 1.82) is 0 Å². The Bertz CT molecular complexity index is 840. The molecule has 2 atom stereocenters. The number of halogens is 1. The van der Waals surface area contributed by atoms with E-state index in [1.165, 1.54) is 7.11 Å². The number of hydrogen-bond donors (Lipinski definition) is 2. The Hall–Kier alpha value is -2.73. The van der Waals surface area contributed by atoms with E-state index in [4.69, 9.17) is 21.1 Å². The molecule has 3 rings (SSSR count). The lowest BCUT2D eigenvalue weighted by molar-refractivity contribution is -0.122. The molecule has 2 amide bonds. The van der Waals surface area contributed by atoms with Gasteiger partial charge in [-0.3, -0.25) is 9.59 Å². The molecular weight excluding hydrogens is 356 g/mol. The van der Waals surface area contributed by atoms with Gasteiger partial charge in [0.2, 0.25) is 11.8 Å². The highest BCUT2D eigenvalue weighted by Gasteiger charge is 2.48. The molecule has 0 bridgehead atoms. The molecule has 0 spiro atoms. The lowest BCUT2D eigenvalue weighted by Gasteiger charge is -2.10. The first-order valence-corrected chi connectivity index (χ1v) is 8.49. The summed E-state index contributed by atoms with van der Waals surface area (Å²) in [6.07, 6.45) is 0.511. The van der Waals surface area contributed by atoms with Crippen LogP contribution >= 0.6 is 11.6 Å². The van der Waals surface area contributed by atoms with Gasteiger partial charge in [-0.05, 0) is 36.8 Å². The zero-order valence-corrected chi connectivity index (χ0v) is 15.2. The van der Waals surface area contributed by atoms with Gasteiger partial charge in [0, 0.05) is 5.69 Å². The highest BCUT2D eigenvalue weighted by molar-refractivity contribution is 6.32. The predicted octanol–water partition coefficient (Wildman–Crippen LogP) is 3.57. The highest BCUT2D eigenvalue weighted by Crippen LogP contribution is 2.41. The standard InChI is InChI=1S/C19H19ClN2O4/c1-25-16-8-7-11(9-14(16)20)21-18(23)12-10-13(12)19(24)22-15-5-3-4-6-17(15)26-2/h3-9,12-13H,10H2,1-2H3,(H,21,23)(H,22,24). The Balaban J connectivity index is 1.58. The molecule has 0 radical (unpaired) electrons. The van der Waals surface area contributed by atoms with Crippen LogP contribution in [-0.4, -0.2) is 26.0 Å². The van der Waals surface area contributed by atoms with Gasteiger partial charge in [0.25, 0.3) is 0 Å². The molecule has 136 valence electrons. The maximum Gasteiger partial charge on any atom is 0.228 e. The first-order valence-electron chi connectivity index (χ1n) is 8.11. The summed E-state index contributed by atoms with van der Waals surface area (Å²) >= 11 is 6.05. The van der Waals surface area contributed by atoms with Crippen LogP contribution in [0.1, 0.15) is 6.42 Å². The maximum absolute atomic E-state index is 12.4. The quantitative estimate of drug-likeness (QED) is 0.810. The van der Waals surface area contributed by atoms with Crippen LogP contribution in [-0.2, 0) is 9.59 Å². The van der Waals surface area contributed by atoms with E-state index in [-0.39, 0.29) is 23.7 Å². The van der Waals surface area contributed by atoms with E-state index in [0.717, 1.165) is 0 Å². The van der Waals surface area contributed by atoms with Crippen LogP contribution in [0.5, 0.6) is 11.5 Å². The zero-order chi connectivity index (χ0) is 18.7. The van der Waals surface area contributed by atoms with Gasteiger partial charge in [-0.25, -0.2) is 0 Å². The van der Waals surface area contributed by atoms with Crippen LogP contribution in [0.4, 0.5) is 11.4 Å². The van der Waals surface area contributed by atoms with E-state index in [1.807, 2.05) is 12.1 Å². The van der Waals surface area contributed by atoms with Crippen molar-refractivity contribution in [3.63, 3.8) is 0 Å². The van der Waals surface area contributed by atoms with Crippen LogP contribution in [0.15, 0.2) is 42.5 Å². The molecule has 6 nitrogen and oxygen atoms in total. The minimum atomic E-state index is -0.356. The van der Waals surface area contributed by atoms with Gasteiger partial charge in [-0.15, -0.1) is 0 Å². The van der Waals surface area contributed by atoms with Crippen LogP contribution in [0.2, 0.25) is 5.02 Å². The molecule has 2 N–H and O–H groups in total. The number of amides is 2. The fourth-order valence-electron chi connectivity index (χ4n) is 2.73. The summed E-state index contributed by atoms with van der Waals surface area (Å²) in [6.45, 7) is 0. The van der Waals surface area contributed by atoms with E-state index in [9.17, 15) is 9.59 Å². The average molecular weight is 375 g/mol. The molecule has 0 aliphatic heterocycles. The molecule has 0 heterocycles. The van der Waals surface area contributed by atoms with Crippen molar-refractivity contribution in [3.05, 3.63) is 47.5 Å². The van der Waals surface area contributed by atoms with Crippen molar-refractivity contribution in [1.82, 2.24) is 0 Å². The molecule has 1 fully saturated rings. The summed E-state index contributed by atoms with van der Waals surface area (Å²) in [7, 11) is 3.06. The van der Waals surface area contributed by atoms with Crippen LogP contribution in [0, 0.1) is 11.8 Å². The first-order chi connectivity index (χ1) is 12.5. The third kappa shape index (κ3) is 3.91. The number of anilines is 2. The molecule has 1 aliphatic rings. The van der Waals surface area contributed by atoms with Crippen LogP contribution in [0.3, 0.4) is 0 Å². The number of benzene rings is 2. The second-order valence-electron chi connectivity index (χ2n) is 5.98. The molecule has 2 unspecified atom stereocenters. The third-order valence-corrected chi connectivity index (χ3v) is 4.54. The molecule has 1 aliphatic carbocycles. The Morgan fingerprint density at radius 1 is 0.962 bits per heavy atom. The van der Waals surface area contributed by atoms with E-state index in [1.54, 1.807) is 37.4 Å². The van der Waals surface area contributed by atoms with Crippen LogP contribution < -0.4 is 20.1 Å². The number of nitrogens with one attached hydrogen (secondary N) is 2. The molecular formula is C19H19ClN2O4. The van der Waals surface area contributed by atoms with Crippen molar-refractivity contribution in [3.8, 4) is 11.5 Å². The van der Waals surface area contributed by atoms with Gasteiger partial charge in [0.05, 0.1) is 36.8 Å². The molecule has 1 saturated carbocycles. The number of carbonyl (C=O) groups excluding carboxylic acids is 2.